The number of pyridine rings is 1. The van der Waals surface area contributed by atoms with Gasteiger partial charge >= 0.3 is 6.18 Å². The Morgan fingerprint density at radius 3 is 2.12 bits per heavy atom. The third-order valence-electron chi connectivity index (χ3n) is 5.11. The SMILES string of the molecule is CCNC(=O)c1cn(CCc2ccccc2)cc(C(=O)NCc2cccc(C(F)(F)F)c2)c1=O. The molecule has 2 amide bonds. The fraction of sp³-hybridized carbons (Fsp3) is 0.240. The molecular formula is C25H24F3N3O3. The van der Waals surface area contributed by atoms with Crippen LogP contribution in [-0.4, -0.2) is 22.9 Å². The lowest BCUT2D eigenvalue weighted by atomic mass is 10.1. The van der Waals surface area contributed by atoms with E-state index in [0.717, 1.165) is 17.7 Å². The third kappa shape index (κ3) is 6.34. The highest BCUT2D eigenvalue weighted by molar-refractivity contribution is 5.99. The van der Waals surface area contributed by atoms with Gasteiger partial charge in [0.25, 0.3) is 11.8 Å². The number of alkyl halides is 3. The lowest BCUT2D eigenvalue weighted by Crippen LogP contribution is -2.35. The average Bonchev–Trinajstić information content (AvgIpc) is 2.82. The molecule has 1 heterocycles. The maximum absolute atomic E-state index is 12.9. The van der Waals surface area contributed by atoms with Crippen molar-refractivity contribution in [3.8, 4) is 0 Å². The normalized spacial score (nSPS) is 11.2. The number of benzene rings is 2. The number of aromatic nitrogens is 1. The number of carbonyl (C=O) groups excluding carboxylic acids is 2. The fourth-order valence-corrected chi connectivity index (χ4v) is 3.38. The second-order valence-electron chi connectivity index (χ2n) is 7.63. The van der Waals surface area contributed by atoms with Crippen molar-refractivity contribution < 1.29 is 22.8 Å². The van der Waals surface area contributed by atoms with E-state index >= 15 is 0 Å². The summed E-state index contributed by atoms with van der Waals surface area (Å²) in [6.07, 6.45) is -1.15. The van der Waals surface area contributed by atoms with E-state index in [1.54, 1.807) is 11.5 Å². The molecule has 0 aliphatic carbocycles. The van der Waals surface area contributed by atoms with Gasteiger partial charge in [-0.2, -0.15) is 13.2 Å². The molecule has 0 atom stereocenters. The zero-order valence-electron chi connectivity index (χ0n) is 18.5. The molecule has 0 spiro atoms. The van der Waals surface area contributed by atoms with E-state index in [0.29, 0.717) is 19.5 Å². The van der Waals surface area contributed by atoms with Gasteiger partial charge in [-0.25, -0.2) is 0 Å². The van der Waals surface area contributed by atoms with E-state index in [-0.39, 0.29) is 23.2 Å². The van der Waals surface area contributed by atoms with E-state index in [9.17, 15) is 27.6 Å². The molecule has 0 saturated carbocycles. The Morgan fingerprint density at radius 2 is 1.50 bits per heavy atom. The lowest BCUT2D eigenvalue weighted by molar-refractivity contribution is -0.137. The van der Waals surface area contributed by atoms with Crippen LogP contribution in [0.1, 0.15) is 44.3 Å². The molecule has 6 nitrogen and oxygen atoms in total. The van der Waals surface area contributed by atoms with Crippen LogP contribution in [-0.2, 0) is 25.7 Å². The standard InChI is InChI=1S/C25H24F3N3O3/c1-2-29-23(33)20-15-31(12-11-17-7-4-3-5-8-17)16-21(22(20)32)24(34)30-14-18-9-6-10-19(13-18)25(26,27)28/h3-10,13,15-16H,2,11-12,14H2,1H3,(H,29,33)(H,30,34). The first-order chi connectivity index (χ1) is 16.2. The maximum atomic E-state index is 12.9. The zero-order valence-corrected chi connectivity index (χ0v) is 18.5. The Bertz CT molecular complexity index is 1220. The van der Waals surface area contributed by atoms with E-state index in [1.165, 1.54) is 24.5 Å². The Balaban J connectivity index is 1.84. The van der Waals surface area contributed by atoms with Gasteiger partial charge in [0.05, 0.1) is 5.56 Å². The number of amides is 2. The van der Waals surface area contributed by atoms with Gasteiger partial charge in [-0.05, 0) is 36.6 Å². The molecule has 0 radical (unpaired) electrons. The molecule has 0 fully saturated rings. The van der Waals surface area contributed by atoms with Crippen LogP contribution in [0.5, 0.6) is 0 Å². The number of hydrogen-bond donors (Lipinski definition) is 2. The van der Waals surface area contributed by atoms with Crippen LogP contribution >= 0.6 is 0 Å². The summed E-state index contributed by atoms with van der Waals surface area (Å²) in [4.78, 5) is 38.1. The first-order valence-corrected chi connectivity index (χ1v) is 10.7. The topological polar surface area (TPSA) is 80.2 Å². The summed E-state index contributed by atoms with van der Waals surface area (Å²) < 4.78 is 40.4. The molecule has 3 rings (SSSR count). The predicted molar refractivity (Wildman–Crippen MR) is 121 cm³/mol. The summed E-state index contributed by atoms with van der Waals surface area (Å²) in [6, 6.07) is 14.1. The summed E-state index contributed by atoms with van der Waals surface area (Å²) in [5.74, 6) is -1.38. The minimum Gasteiger partial charge on any atom is -0.352 e. The maximum Gasteiger partial charge on any atom is 0.416 e. The van der Waals surface area contributed by atoms with Crippen LogP contribution in [0.3, 0.4) is 0 Å². The minimum atomic E-state index is -4.51. The molecule has 0 bridgehead atoms. The molecule has 2 N–H and O–H groups in total. The Kier molecular flexibility index (Phi) is 7.88. The summed E-state index contributed by atoms with van der Waals surface area (Å²) in [5.41, 5.74) is -0.751. The second kappa shape index (κ2) is 10.8. The third-order valence-corrected chi connectivity index (χ3v) is 5.11. The minimum absolute atomic E-state index is 0.179. The Hall–Kier alpha value is -3.88. The van der Waals surface area contributed by atoms with Gasteiger partial charge < -0.3 is 15.2 Å². The molecule has 0 saturated heterocycles. The van der Waals surface area contributed by atoms with E-state index in [1.807, 2.05) is 30.3 Å². The summed E-state index contributed by atoms with van der Waals surface area (Å²) in [7, 11) is 0. The van der Waals surface area contributed by atoms with Crippen LogP contribution in [0, 0.1) is 0 Å². The van der Waals surface area contributed by atoms with Crippen molar-refractivity contribution in [1.29, 1.82) is 0 Å². The van der Waals surface area contributed by atoms with E-state index in [2.05, 4.69) is 10.6 Å². The monoisotopic (exact) mass is 471 g/mol. The molecule has 9 heteroatoms. The van der Waals surface area contributed by atoms with Crippen molar-refractivity contribution in [2.24, 2.45) is 0 Å². The van der Waals surface area contributed by atoms with E-state index in [4.69, 9.17) is 0 Å². The number of nitrogens with zero attached hydrogens (tertiary/aromatic N) is 1. The highest BCUT2D eigenvalue weighted by Crippen LogP contribution is 2.29. The number of aryl methyl sites for hydroxylation is 2. The molecule has 0 aliphatic heterocycles. The van der Waals surface area contributed by atoms with Gasteiger partial charge in [0, 0.05) is 32.0 Å². The van der Waals surface area contributed by atoms with Crippen molar-refractivity contribution in [3.05, 3.63) is 105 Å². The number of carbonyl (C=O) groups is 2. The van der Waals surface area contributed by atoms with Gasteiger partial charge in [-0.3, -0.25) is 14.4 Å². The van der Waals surface area contributed by atoms with Gasteiger partial charge in [-0.15, -0.1) is 0 Å². The van der Waals surface area contributed by atoms with Gasteiger partial charge in [0.1, 0.15) is 11.1 Å². The molecule has 0 unspecified atom stereocenters. The summed E-state index contributed by atoms with van der Waals surface area (Å²) in [6.45, 7) is 2.20. The van der Waals surface area contributed by atoms with Gasteiger partial charge in [0.2, 0.25) is 5.43 Å². The van der Waals surface area contributed by atoms with Crippen LogP contribution in [0.4, 0.5) is 13.2 Å². The Labute approximate surface area is 194 Å². The second-order valence-corrected chi connectivity index (χ2v) is 7.63. The van der Waals surface area contributed by atoms with Crippen LogP contribution in [0.2, 0.25) is 0 Å². The fourth-order valence-electron chi connectivity index (χ4n) is 3.38. The molecule has 1 aromatic heterocycles. The van der Waals surface area contributed by atoms with Crippen molar-refractivity contribution in [1.82, 2.24) is 15.2 Å². The lowest BCUT2D eigenvalue weighted by Gasteiger charge is -2.13. The molecule has 2 aromatic carbocycles. The average molecular weight is 471 g/mol. The zero-order chi connectivity index (χ0) is 24.7. The number of halogens is 3. The Morgan fingerprint density at radius 1 is 0.882 bits per heavy atom. The quantitative estimate of drug-likeness (QED) is 0.525. The van der Waals surface area contributed by atoms with E-state index < -0.39 is 29.0 Å². The number of hydrogen-bond acceptors (Lipinski definition) is 3. The smallest absolute Gasteiger partial charge is 0.352 e. The number of rotatable bonds is 8. The predicted octanol–water partition coefficient (Wildman–Crippen LogP) is 3.79. The molecule has 34 heavy (non-hydrogen) atoms. The first kappa shape index (κ1) is 24.8. The molecule has 3 aromatic rings. The van der Waals surface area contributed by atoms with Gasteiger partial charge in [-0.1, -0.05) is 42.5 Å². The van der Waals surface area contributed by atoms with Crippen LogP contribution in [0.15, 0.2) is 71.8 Å². The van der Waals surface area contributed by atoms with Crippen LogP contribution in [0.25, 0.3) is 0 Å². The first-order valence-electron chi connectivity index (χ1n) is 10.7. The van der Waals surface area contributed by atoms with Crippen LogP contribution < -0.4 is 16.1 Å². The van der Waals surface area contributed by atoms with Crippen molar-refractivity contribution >= 4 is 11.8 Å². The van der Waals surface area contributed by atoms with Gasteiger partial charge in [0.15, 0.2) is 0 Å². The number of nitrogens with one attached hydrogen (secondary N) is 2. The van der Waals surface area contributed by atoms with Crippen molar-refractivity contribution in [2.45, 2.75) is 32.6 Å². The van der Waals surface area contributed by atoms with Crippen molar-refractivity contribution in [3.63, 3.8) is 0 Å². The van der Waals surface area contributed by atoms with Crippen molar-refractivity contribution in [2.75, 3.05) is 6.54 Å². The molecule has 0 aliphatic rings. The highest BCUT2D eigenvalue weighted by atomic mass is 19.4. The summed E-state index contributed by atoms with van der Waals surface area (Å²) >= 11 is 0. The largest absolute Gasteiger partial charge is 0.416 e. The highest BCUT2D eigenvalue weighted by Gasteiger charge is 2.30. The molecule has 178 valence electrons. The summed E-state index contributed by atoms with van der Waals surface area (Å²) in [5, 5.41) is 5.04. The molecular weight excluding hydrogens is 447 g/mol.